The largest absolute Gasteiger partial charge is 0.265 e. The smallest absolute Gasteiger partial charge is 0.172 e. The van der Waals surface area contributed by atoms with Crippen molar-refractivity contribution >= 4 is 38.8 Å². The summed E-state index contributed by atoms with van der Waals surface area (Å²) < 4.78 is 1.94. The molecular formula is C15H11ClN4S. The molecule has 3 heterocycles. The lowest BCUT2D eigenvalue weighted by molar-refractivity contribution is 1.09. The van der Waals surface area contributed by atoms with E-state index in [1.54, 1.807) is 17.7 Å². The summed E-state index contributed by atoms with van der Waals surface area (Å²) in [5, 5.41) is 10.5. The maximum atomic E-state index is 5.94. The minimum Gasteiger partial charge on any atom is -0.265 e. The molecule has 6 heteroatoms. The maximum Gasteiger partial charge on any atom is 0.172 e. The van der Waals surface area contributed by atoms with Crippen LogP contribution in [0.3, 0.4) is 0 Å². The SMILES string of the molecule is Cc1sc2ncn3c(-c4ccc(Cl)cc4)nnc3c2c1C. The number of aromatic nitrogens is 4. The van der Waals surface area contributed by atoms with Crippen molar-refractivity contribution in [3.63, 3.8) is 0 Å². The van der Waals surface area contributed by atoms with Gasteiger partial charge in [-0.1, -0.05) is 11.6 Å². The van der Waals surface area contributed by atoms with Gasteiger partial charge in [-0.05, 0) is 43.7 Å². The summed E-state index contributed by atoms with van der Waals surface area (Å²) >= 11 is 7.63. The normalized spacial score (nSPS) is 11.6. The van der Waals surface area contributed by atoms with Crippen LogP contribution in [0.4, 0.5) is 0 Å². The van der Waals surface area contributed by atoms with Gasteiger partial charge in [-0.3, -0.25) is 4.40 Å². The molecule has 0 N–H and O–H groups in total. The second kappa shape index (κ2) is 4.51. The van der Waals surface area contributed by atoms with Gasteiger partial charge in [0.2, 0.25) is 0 Å². The zero-order chi connectivity index (χ0) is 14.6. The molecule has 104 valence electrons. The first-order valence-corrected chi connectivity index (χ1v) is 7.70. The van der Waals surface area contributed by atoms with Gasteiger partial charge in [-0.25, -0.2) is 4.98 Å². The van der Waals surface area contributed by atoms with Gasteiger partial charge in [-0.15, -0.1) is 21.5 Å². The van der Waals surface area contributed by atoms with E-state index in [9.17, 15) is 0 Å². The third kappa shape index (κ3) is 1.85. The molecule has 0 saturated carbocycles. The number of benzene rings is 1. The first-order valence-electron chi connectivity index (χ1n) is 6.50. The van der Waals surface area contributed by atoms with E-state index in [-0.39, 0.29) is 0 Å². The van der Waals surface area contributed by atoms with Crippen molar-refractivity contribution in [2.75, 3.05) is 0 Å². The summed E-state index contributed by atoms with van der Waals surface area (Å²) in [6.07, 6.45) is 1.79. The highest BCUT2D eigenvalue weighted by Crippen LogP contribution is 2.32. The fraction of sp³-hybridized carbons (Fsp3) is 0.133. The number of halogens is 1. The zero-order valence-electron chi connectivity index (χ0n) is 11.5. The Balaban J connectivity index is 2.04. The number of fused-ring (bicyclic) bond motifs is 3. The van der Waals surface area contributed by atoms with Crippen LogP contribution in [0, 0.1) is 13.8 Å². The van der Waals surface area contributed by atoms with Crippen molar-refractivity contribution in [2.24, 2.45) is 0 Å². The first kappa shape index (κ1) is 12.7. The molecule has 21 heavy (non-hydrogen) atoms. The van der Waals surface area contributed by atoms with Crippen molar-refractivity contribution in [2.45, 2.75) is 13.8 Å². The van der Waals surface area contributed by atoms with Gasteiger partial charge in [0.25, 0.3) is 0 Å². The molecule has 0 aliphatic rings. The molecule has 4 aromatic rings. The molecule has 0 radical (unpaired) electrons. The summed E-state index contributed by atoms with van der Waals surface area (Å²) in [5.74, 6) is 0.777. The number of aryl methyl sites for hydroxylation is 2. The Hall–Kier alpha value is -1.98. The third-order valence-electron chi connectivity index (χ3n) is 3.68. The van der Waals surface area contributed by atoms with Gasteiger partial charge in [0.1, 0.15) is 11.2 Å². The minimum atomic E-state index is 0.706. The highest BCUT2D eigenvalue weighted by atomic mass is 35.5. The van der Waals surface area contributed by atoms with Crippen LogP contribution in [0.2, 0.25) is 5.02 Å². The zero-order valence-corrected chi connectivity index (χ0v) is 13.0. The van der Waals surface area contributed by atoms with E-state index in [0.717, 1.165) is 27.3 Å². The monoisotopic (exact) mass is 314 g/mol. The van der Waals surface area contributed by atoms with Crippen LogP contribution < -0.4 is 0 Å². The topological polar surface area (TPSA) is 43.1 Å². The quantitative estimate of drug-likeness (QED) is 0.527. The molecule has 0 fully saturated rings. The van der Waals surface area contributed by atoms with Gasteiger partial charge in [-0.2, -0.15) is 0 Å². The fourth-order valence-corrected chi connectivity index (χ4v) is 3.56. The van der Waals surface area contributed by atoms with E-state index in [1.807, 2.05) is 28.7 Å². The van der Waals surface area contributed by atoms with E-state index < -0.39 is 0 Å². The van der Waals surface area contributed by atoms with Crippen LogP contribution in [0.15, 0.2) is 30.6 Å². The molecule has 0 aliphatic carbocycles. The standard InChI is InChI=1S/C15H11ClN4S/c1-8-9(2)21-15-12(8)14-19-18-13(20(14)7-17-15)10-3-5-11(16)6-4-10/h3-7H,1-2H3. The van der Waals surface area contributed by atoms with Crippen LogP contribution in [0.25, 0.3) is 27.3 Å². The molecule has 4 nitrogen and oxygen atoms in total. The van der Waals surface area contributed by atoms with Gasteiger partial charge >= 0.3 is 0 Å². The Morgan fingerprint density at radius 3 is 2.62 bits per heavy atom. The number of rotatable bonds is 1. The molecular weight excluding hydrogens is 304 g/mol. The first-order chi connectivity index (χ1) is 10.1. The summed E-state index contributed by atoms with van der Waals surface area (Å²) in [6.45, 7) is 4.21. The van der Waals surface area contributed by atoms with Crippen molar-refractivity contribution < 1.29 is 0 Å². The highest BCUT2D eigenvalue weighted by Gasteiger charge is 2.15. The average molecular weight is 315 g/mol. The molecule has 0 aliphatic heterocycles. The molecule has 3 aromatic heterocycles. The molecule has 1 aromatic carbocycles. The second-order valence-corrected chi connectivity index (χ2v) is 6.57. The lowest BCUT2D eigenvalue weighted by atomic mass is 10.2. The molecule has 4 rings (SSSR count). The molecule has 0 unspecified atom stereocenters. The van der Waals surface area contributed by atoms with Crippen LogP contribution >= 0.6 is 22.9 Å². The van der Waals surface area contributed by atoms with Gasteiger partial charge in [0.15, 0.2) is 11.5 Å². The van der Waals surface area contributed by atoms with Gasteiger partial charge < -0.3 is 0 Å². The molecule has 0 saturated heterocycles. The predicted octanol–water partition coefficient (Wildman–Crippen LogP) is 4.28. The average Bonchev–Trinajstić information content (AvgIpc) is 3.02. The van der Waals surface area contributed by atoms with E-state index in [0.29, 0.717) is 5.02 Å². The van der Waals surface area contributed by atoms with Crippen molar-refractivity contribution in [3.8, 4) is 11.4 Å². The van der Waals surface area contributed by atoms with E-state index >= 15 is 0 Å². The number of hydrogen-bond donors (Lipinski definition) is 0. The van der Waals surface area contributed by atoms with Crippen molar-refractivity contribution in [1.82, 2.24) is 19.6 Å². The maximum absolute atomic E-state index is 5.94. The number of hydrogen-bond acceptors (Lipinski definition) is 4. The molecule has 0 spiro atoms. The fourth-order valence-electron chi connectivity index (χ4n) is 2.44. The van der Waals surface area contributed by atoms with Crippen LogP contribution in [-0.4, -0.2) is 19.6 Å². The van der Waals surface area contributed by atoms with Crippen molar-refractivity contribution in [3.05, 3.63) is 46.1 Å². The Bertz CT molecular complexity index is 969. The number of nitrogens with zero attached hydrogens (tertiary/aromatic N) is 4. The highest BCUT2D eigenvalue weighted by molar-refractivity contribution is 7.18. The summed E-state index contributed by atoms with van der Waals surface area (Å²) in [7, 11) is 0. The van der Waals surface area contributed by atoms with Gasteiger partial charge in [0, 0.05) is 15.5 Å². The van der Waals surface area contributed by atoms with E-state index in [4.69, 9.17) is 11.6 Å². The Labute approximate surface area is 130 Å². The Morgan fingerprint density at radius 2 is 1.86 bits per heavy atom. The predicted molar refractivity (Wildman–Crippen MR) is 86.1 cm³/mol. The molecule has 0 bridgehead atoms. The van der Waals surface area contributed by atoms with E-state index in [2.05, 4.69) is 29.0 Å². The van der Waals surface area contributed by atoms with Crippen molar-refractivity contribution in [1.29, 1.82) is 0 Å². The van der Waals surface area contributed by atoms with Crippen LogP contribution in [0.5, 0.6) is 0 Å². The lowest BCUT2D eigenvalue weighted by Gasteiger charge is -2.00. The number of thiophene rings is 1. The summed E-state index contributed by atoms with van der Waals surface area (Å²) in [4.78, 5) is 6.81. The minimum absolute atomic E-state index is 0.706. The second-order valence-electron chi connectivity index (χ2n) is 4.93. The Kier molecular flexibility index (Phi) is 2.74. The summed E-state index contributed by atoms with van der Waals surface area (Å²) in [5.41, 5.74) is 3.05. The molecule has 0 amide bonds. The van der Waals surface area contributed by atoms with E-state index in [1.165, 1.54) is 10.4 Å². The van der Waals surface area contributed by atoms with Crippen LogP contribution in [-0.2, 0) is 0 Å². The van der Waals surface area contributed by atoms with Gasteiger partial charge in [0.05, 0.1) is 5.39 Å². The third-order valence-corrected chi connectivity index (χ3v) is 5.05. The van der Waals surface area contributed by atoms with Crippen LogP contribution in [0.1, 0.15) is 10.4 Å². The molecule has 0 atom stereocenters. The Morgan fingerprint density at radius 1 is 1.10 bits per heavy atom. The summed E-state index contributed by atoms with van der Waals surface area (Å²) in [6, 6.07) is 7.58. The lowest BCUT2D eigenvalue weighted by Crippen LogP contribution is -1.91.